The summed E-state index contributed by atoms with van der Waals surface area (Å²) in [5.41, 5.74) is 0. The van der Waals surface area contributed by atoms with Gasteiger partial charge in [0.25, 0.3) is 0 Å². The van der Waals surface area contributed by atoms with Gasteiger partial charge in [0.15, 0.2) is 0 Å². The molecule has 0 amide bonds. The third-order valence-electron chi connectivity index (χ3n) is 0. The van der Waals surface area contributed by atoms with Crippen molar-refractivity contribution in [2.75, 3.05) is 0 Å². The van der Waals surface area contributed by atoms with E-state index in [1.54, 1.807) is 0 Å². The second-order valence-electron chi connectivity index (χ2n) is 0.513. The van der Waals surface area contributed by atoms with Crippen LogP contribution in [0.15, 0.2) is 0 Å². The van der Waals surface area contributed by atoms with Gasteiger partial charge >= 0.3 is 121 Å². The van der Waals surface area contributed by atoms with Crippen molar-refractivity contribution in [3.8, 4) is 0 Å². The molecule has 0 spiro atoms. The molecule has 12 heavy (non-hydrogen) atoms. The van der Waals surface area contributed by atoms with E-state index in [2.05, 4.69) is 0 Å². The molecule has 0 saturated heterocycles. The maximum absolute atomic E-state index is 8.88. The first-order valence-electron chi connectivity index (χ1n) is 0.783. The second-order valence-corrected chi connectivity index (χ2v) is 1.54. The van der Waals surface area contributed by atoms with Gasteiger partial charge in [-0.2, -0.15) is 0 Å². The summed E-state index contributed by atoms with van der Waals surface area (Å²) in [4.78, 5) is 21.6. The Morgan fingerprint density at radius 1 is 0.667 bits per heavy atom. The Bertz CT molecular complexity index is 65.7. The van der Waals surface area contributed by atoms with Gasteiger partial charge < -0.3 is 20.8 Å². The molecule has 0 rings (SSSR count). The van der Waals surface area contributed by atoms with Crippen LogP contribution in [0, 0.1) is 0 Å². The van der Waals surface area contributed by atoms with E-state index in [-0.39, 0.29) is 119 Å². The topological polar surface area (TPSA) is 108 Å². The van der Waals surface area contributed by atoms with Crippen molar-refractivity contribution in [1.82, 2.24) is 0 Å². The average molecular weight is 154 g/mol. The van der Waals surface area contributed by atoms with Crippen molar-refractivity contribution >= 4 is 7.82 Å². The SMILES string of the molecule is O=P(O)(O)O.[Li+].[Li+].[Li+].[Li+].[Li+].[Li+].[N-3]. The fraction of sp³-hybridized carbons (Fsp3) is 0. The first-order valence-corrected chi connectivity index (χ1v) is 2.35. The van der Waals surface area contributed by atoms with Gasteiger partial charge in [-0.25, -0.2) is 4.57 Å². The van der Waals surface area contributed by atoms with E-state index in [0.717, 1.165) is 0 Å². The van der Waals surface area contributed by atoms with Crippen molar-refractivity contribution in [2.45, 2.75) is 0 Å². The molecule has 5 nitrogen and oxygen atoms in total. The Labute approximate surface area is 144 Å². The minimum Gasteiger partial charge on any atom is -3.00 e. The minimum atomic E-state index is -4.64. The third-order valence-corrected chi connectivity index (χ3v) is 0. The molecule has 0 radical (unpaired) electrons. The Balaban J connectivity index is -0.00000000381. The van der Waals surface area contributed by atoms with Gasteiger partial charge in [0.1, 0.15) is 0 Å². The van der Waals surface area contributed by atoms with Crippen LogP contribution in [0.25, 0.3) is 6.15 Å². The van der Waals surface area contributed by atoms with E-state index in [0.29, 0.717) is 0 Å². The predicted molar refractivity (Wildman–Crippen MR) is 17.6 cm³/mol. The largest absolute Gasteiger partial charge is 3.00 e. The normalized spacial score (nSPS) is 4.92. The van der Waals surface area contributed by atoms with E-state index in [4.69, 9.17) is 19.2 Å². The quantitative estimate of drug-likeness (QED) is 0.237. The Hall–Kier alpha value is 3.65. The summed E-state index contributed by atoms with van der Waals surface area (Å²) < 4.78 is 8.88. The smallest absolute Gasteiger partial charge is 1.00 e. The fourth-order valence-corrected chi connectivity index (χ4v) is 0. The van der Waals surface area contributed by atoms with Crippen LogP contribution in [-0.2, 0) is 4.57 Å². The monoisotopic (exact) mass is 154 g/mol. The van der Waals surface area contributed by atoms with E-state index in [1.807, 2.05) is 0 Å². The maximum Gasteiger partial charge on any atom is 1.00 e. The van der Waals surface area contributed by atoms with Crippen LogP contribution in [0.3, 0.4) is 0 Å². The first-order chi connectivity index (χ1) is 2.00. The number of hydrogen-bond donors (Lipinski definition) is 3. The molecule has 0 atom stereocenters. The van der Waals surface area contributed by atoms with Gasteiger partial charge in [-0.3, -0.25) is 0 Å². The van der Waals surface area contributed by atoms with Gasteiger partial charge in [-0.1, -0.05) is 0 Å². The van der Waals surface area contributed by atoms with Crippen LogP contribution in [-0.4, -0.2) is 14.7 Å². The van der Waals surface area contributed by atoms with Gasteiger partial charge in [0.2, 0.25) is 0 Å². The Kier molecular flexibility index (Phi) is 140. The zero-order chi connectivity index (χ0) is 4.50. The Morgan fingerprint density at radius 3 is 0.667 bits per heavy atom. The summed E-state index contributed by atoms with van der Waals surface area (Å²) in [5.74, 6) is 0. The van der Waals surface area contributed by atoms with Crippen molar-refractivity contribution in [3.05, 3.63) is 6.15 Å². The van der Waals surface area contributed by atoms with Crippen molar-refractivity contribution < 1.29 is 132 Å². The van der Waals surface area contributed by atoms with Crippen molar-refractivity contribution in [2.24, 2.45) is 0 Å². The molecule has 0 aliphatic rings. The molecule has 0 fully saturated rings. The van der Waals surface area contributed by atoms with Gasteiger partial charge in [0.05, 0.1) is 0 Å². The Morgan fingerprint density at radius 2 is 0.667 bits per heavy atom. The molecular weight excluding hydrogens is 151 g/mol. The molecule has 0 unspecified atom stereocenters. The van der Waals surface area contributed by atoms with E-state index in [1.165, 1.54) is 0 Å². The van der Waals surface area contributed by atoms with Gasteiger partial charge in [-0.15, -0.1) is 0 Å². The molecular formula is H3Li6NO4P+3. The summed E-state index contributed by atoms with van der Waals surface area (Å²) in [7, 11) is -4.64. The predicted octanol–water partition coefficient (Wildman–Crippen LogP) is -18.6. The summed E-state index contributed by atoms with van der Waals surface area (Å²) >= 11 is 0. The number of phosphoric acid groups is 1. The zero-order valence-electron chi connectivity index (χ0n) is 8.64. The first kappa shape index (κ1) is 57.4. The van der Waals surface area contributed by atoms with Crippen LogP contribution in [0.1, 0.15) is 0 Å². The summed E-state index contributed by atoms with van der Waals surface area (Å²) in [5, 5.41) is 0. The van der Waals surface area contributed by atoms with E-state index < -0.39 is 7.82 Å². The molecule has 40 valence electrons. The number of rotatable bonds is 0. The maximum atomic E-state index is 8.88. The van der Waals surface area contributed by atoms with Gasteiger partial charge in [0, 0.05) is 0 Å². The third kappa shape index (κ3) is 164. The molecule has 0 aromatic rings. The van der Waals surface area contributed by atoms with Crippen LogP contribution in [0.4, 0.5) is 0 Å². The molecule has 3 N–H and O–H groups in total. The van der Waals surface area contributed by atoms with Crippen LogP contribution in [0.2, 0.25) is 0 Å². The second kappa shape index (κ2) is 29.3. The minimum absolute atomic E-state index is 0. The summed E-state index contributed by atoms with van der Waals surface area (Å²) in [6.07, 6.45) is 0. The van der Waals surface area contributed by atoms with E-state index >= 15 is 0 Å². The van der Waals surface area contributed by atoms with Crippen LogP contribution < -0.4 is 113 Å². The molecule has 12 heteroatoms. The molecule has 0 heterocycles. The molecule has 0 aromatic heterocycles. The van der Waals surface area contributed by atoms with Crippen molar-refractivity contribution in [3.63, 3.8) is 0 Å². The standard InChI is InChI=1S/6Li.N.H3O4P/c;;;;;;;1-5(2,3)4/h;;;;;;;(H3,1,2,3,4)/q6*+1;-3;. The molecule has 0 saturated carbocycles. The van der Waals surface area contributed by atoms with Crippen LogP contribution in [0.5, 0.6) is 0 Å². The van der Waals surface area contributed by atoms with Gasteiger partial charge in [-0.05, 0) is 0 Å². The number of hydrogen-bond acceptors (Lipinski definition) is 1. The molecule has 0 aromatic carbocycles. The fourth-order valence-electron chi connectivity index (χ4n) is 0. The zero-order valence-corrected chi connectivity index (χ0v) is 9.54. The van der Waals surface area contributed by atoms with Crippen molar-refractivity contribution in [1.29, 1.82) is 0 Å². The molecule has 0 bridgehead atoms. The van der Waals surface area contributed by atoms with Crippen LogP contribution >= 0.6 is 7.82 Å². The average Bonchev–Trinajstić information content (AvgIpc) is 0.722. The molecule has 0 aliphatic carbocycles. The number of nitrogens with zero attached hydrogens (tertiary/aromatic N) is 1. The molecule has 0 aliphatic heterocycles. The summed E-state index contributed by atoms with van der Waals surface area (Å²) in [6.45, 7) is 0. The van der Waals surface area contributed by atoms with E-state index in [9.17, 15) is 0 Å². The summed E-state index contributed by atoms with van der Waals surface area (Å²) in [6, 6.07) is 0.